The Morgan fingerprint density at radius 2 is 1.85 bits per heavy atom. The Hall–Kier alpha value is -0.280. The number of hydrogen-bond donors (Lipinski definition) is 1. The first-order valence-electron chi connectivity index (χ1n) is 7.95. The van der Waals surface area contributed by atoms with Gasteiger partial charge in [-0.2, -0.15) is 0 Å². The third-order valence-corrected chi connectivity index (χ3v) is 4.51. The van der Waals surface area contributed by atoms with E-state index >= 15 is 0 Å². The van der Waals surface area contributed by atoms with Gasteiger partial charge >= 0.3 is 0 Å². The van der Waals surface area contributed by atoms with E-state index < -0.39 is 0 Å². The highest BCUT2D eigenvalue weighted by molar-refractivity contribution is 5.85. The van der Waals surface area contributed by atoms with Crippen molar-refractivity contribution >= 4 is 18.3 Å². The number of carbonyl (C=O) groups is 1. The van der Waals surface area contributed by atoms with Crippen LogP contribution in [0.2, 0.25) is 0 Å². The molecular formula is C16H33ClN2O. The number of rotatable bonds is 7. The molecule has 0 heterocycles. The van der Waals surface area contributed by atoms with Crippen molar-refractivity contribution in [1.29, 1.82) is 0 Å². The SMILES string of the molecule is CNCCN(C)C(=O)C(CC1CCCCC1)C(C)C.Cl. The maximum absolute atomic E-state index is 12.6. The molecule has 1 N–H and O–H groups in total. The lowest BCUT2D eigenvalue weighted by molar-refractivity contribution is -0.136. The Balaban J connectivity index is 0.00000361. The lowest BCUT2D eigenvalue weighted by atomic mass is 9.79. The molecule has 1 saturated carbocycles. The number of nitrogens with zero attached hydrogens (tertiary/aromatic N) is 1. The maximum Gasteiger partial charge on any atom is 0.225 e. The summed E-state index contributed by atoms with van der Waals surface area (Å²) in [7, 11) is 3.87. The Labute approximate surface area is 131 Å². The third-order valence-electron chi connectivity index (χ3n) is 4.51. The van der Waals surface area contributed by atoms with Gasteiger partial charge < -0.3 is 10.2 Å². The average molecular weight is 305 g/mol. The zero-order valence-electron chi connectivity index (χ0n) is 13.7. The van der Waals surface area contributed by atoms with E-state index in [1.54, 1.807) is 0 Å². The second-order valence-electron chi connectivity index (χ2n) is 6.45. The highest BCUT2D eigenvalue weighted by atomic mass is 35.5. The molecule has 0 radical (unpaired) electrons. The van der Waals surface area contributed by atoms with Crippen molar-refractivity contribution in [2.24, 2.45) is 17.8 Å². The van der Waals surface area contributed by atoms with Crippen LogP contribution in [0, 0.1) is 17.8 Å². The fourth-order valence-corrected chi connectivity index (χ4v) is 3.11. The van der Waals surface area contributed by atoms with Crippen molar-refractivity contribution in [3.63, 3.8) is 0 Å². The summed E-state index contributed by atoms with van der Waals surface area (Å²) in [5.74, 6) is 1.79. The summed E-state index contributed by atoms with van der Waals surface area (Å²) < 4.78 is 0. The molecule has 0 aromatic rings. The molecule has 1 atom stereocenters. The number of halogens is 1. The lowest BCUT2D eigenvalue weighted by Crippen LogP contribution is -2.39. The minimum absolute atomic E-state index is 0. The summed E-state index contributed by atoms with van der Waals surface area (Å²) in [6.45, 7) is 6.06. The van der Waals surface area contributed by atoms with Gasteiger partial charge in [-0.25, -0.2) is 0 Å². The quantitative estimate of drug-likeness (QED) is 0.782. The van der Waals surface area contributed by atoms with Crippen LogP contribution in [-0.2, 0) is 4.79 Å². The van der Waals surface area contributed by atoms with E-state index in [4.69, 9.17) is 0 Å². The van der Waals surface area contributed by atoms with Crippen molar-refractivity contribution in [2.45, 2.75) is 52.4 Å². The fourth-order valence-electron chi connectivity index (χ4n) is 3.11. The summed E-state index contributed by atoms with van der Waals surface area (Å²) >= 11 is 0. The van der Waals surface area contributed by atoms with Gasteiger partial charge in [0.15, 0.2) is 0 Å². The molecule has 1 unspecified atom stereocenters. The molecule has 120 valence electrons. The van der Waals surface area contributed by atoms with Gasteiger partial charge in [-0.15, -0.1) is 12.4 Å². The van der Waals surface area contributed by atoms with E-state index in [1.807, 2.05) is 19.0 Å². The number of nitrogens with one attached hydrogen (secondary N) is 1. The molecule has 4 heteroatoms. The van der Waals surface area contributed by atoms with E-state index in [0.29, 0.717) is 11.8 Å². The Morgan fingerprint density at radius 3 is 2.35 bits per heavy atom. The van der Waals surface area contributed by atoms with Crippen LogP contribution in [0.3, 0.4) is 0 Å². The van der Waals surface area contributed by atoms with Crippen molar-refractivity contribution in [2.75, 3.05) is 27.2 Å². The molecule has 0 bridgehead atoms. The smallest absolute Gasteiger partial charge is 0.225 e. The van der Waals surface area contributed by atoms with E-state index in [9.17, 15) is 4.79 Å². The van der Waals surface area contributed by atoms with Gasteiger partial charge in [0.1, 0.15) is 0 Å². The highest BCUT2D eigenvalue weighted by Crippen LogP contribution is 2.32. The van der Waals surface area contributed by atoms with Crippen molar-refractivity contribution in [3.8, 4) is 0 Å². The first kappa shape index (κ1) is 19.7. The molecule has 0 saturated heterocycles. The summed E-state index contributed by atoms with van der Waals surface area (Å²) in [4.78, 5) is 14.5. The van der Waals surface area contributed by atoms with Crippen LogP contribution < -0.4 is 5.32 Å². The fraction of sp³-hybridized carbons (Fsp3) is 0.938. The zero-order chi connectivity index (χ0) is 14.3. The molecule has 0 aromatic heterocycles. The summed E-state index contributed by atoms with van der Waals surface area (Å²) in [6, 6.07) is 0. The van der Waals surface area contributed by atoms with E-state index in [2.05, 4.69) is 19.2 Å². The van der Waals surface area contributed by atoms with Gasteiger partial charge in [0, 0.05) is 26.1 Å². The average Bonchev–Trinajstić information content (AvgIpc) is 2.42. The monoisotopic (exact) mass is 304 g/mol. The van der Waals surface area contributed by atoms with Crippen LogP contribution in [0.5, 0.6) is 0 Å². The number of likely N-dealkylation sites (N-methyl/N-ethyl adjacent to an activating group) is 2. The van der Waals surface area contributed by atoms with Crippen LogP contribution in [0.4, 0.5) is 0 Å². The van der Waals surface area contributed by atoms with Gasteiger partial charge in [-0.05, 0) is 25.3 Å². The minimum atomic E-state index is 0. The first-order chi connectivity index (χ1) is 9.06. The number of carbonyl (C=O) groups excluding carboxylic acids is 1. The van der Waals surface area contributed by atoms with Gasteiger partial charge in [-0.1, -0.05) is 46.0 Å². The van der Waals surface area contributed by atoms with Crippen LogP contribution >= 0.6 is 12.4 Å². The standard InChI is InChI=1S/C16H32N2O.ClH/c1-13(2)15(12-14-8-6-5-7-9-14)16(19)18(4)11-10-17-3;/h13-15,17H,5-12H2,1-4H3;1H. The minimum Gasteiger partial charge on any atom is -0.344 e. The third kappa shape index (κ3) is 6.45. The molecule has 1 aliphatic rings. The molecule has 20 heavy (non-hydrogen) atoms. The molecule has 0 spiro atoms. The van der Waals surface area contributed by atoms with Crippen LogP contribution in [0.25, 0.3) is 0 Å². The molecule has 3 nitrogen and oxygen atoms in total. The van der Waals surface area contributed by atoms with Crippen molar-refractivity contribution < 1.29 is 4.79 Å². The van der Waals surface area contributed by atoms with E-state index in [1.165, 1.54) is 32.1 Å². The molecule has 0 aromatic carbocycles. The second kappa shape index (κ2) is 10.4. The topological polar surface area (TPSA) is 32.3 Å². The van der Waals surface area contributed by atoms with Crippen LogP contribution in [0.1, 0.15) is 52.4 Å². The number of hydrogen-bond acceptors (Lipinski definition) is 2. The molecular weight excluding hydrogens is 272 g/mol. The molecule has 1 aliphatic carbocycles. The summed E-state index contributed by atoms with van der Waals surface area (Å²) in [6.07, 6.45) is 7.87. The Kier molecular flexibility index (Phi) is 10.3. The maximum atomic E-state index is 12.6. The summed E-state index contributed by atoms with van der Waals surface area (Å²) in [5, 5.41) is 3.11. The zero-order valence-corrected chi connectivity index (χ0v) is 14.5. The molecule has 1 fully saturated rings. The highest BCUT2D eigenvalue weighted by Gasteiger charge is 2.28. The van der Waals surface area contributed by atoms with Crippen molar-refractivity contribution in [3.05, 3.63) is 0 Å². The van der Waals surface area contributed by atoms with E-state index in [0.717, 1.165) is 25.4 Å². The van der Waals surface area contributed by atoms with E-state index in [-0.39, 0.29) is 18.3 Å². The second-order valence-corrected chi connectivity index (χ2v) is 6.45. The Morgan fingerprint density at radius 1 is 1.25 bits per heavy atom. The molecule has 1 rings (SSSR count). The van der Waals surface area contributed by atoms with Gasteiger partial charge in [0.05, 0.1) is 0 Å². The molecule has 0 aliphatic heterocycles. The predicted octanol–water partition coefficient (Wildman–Crippen LogP) is 3.33. The summed E-state index contributed by atoms with van der Waals surface area (Å²) in [5.41, 5.74) is 0. The molecule has 1 amide bonds. The normalized spacial score (nSPS) is 17.6. The van der Waals surface area contributed by atoms with Crippen molar-refractivity contribution in [1.82, 2.24) is 10.2 Å². The van der Waals surface area contributed by atoms with Gasteiger partial charge in [0.25, 0.3) is 0 Å². The predicted molar refractivity (Wildman–Crippen MR) is 88.3 cm³/mol. The van der Waals surface area contributed by atoms with Gasteiger partial charge in [0.2, 0.25) is 5.91 Å². The van der Waals surface area contributed by atoms with Crippen LogP contribution in [0.15, 0.2) is 0 Å². The first-order valence-corrected chi connectivity index (χ1v) is 7.95. The number of amides is 1. The van der Waals surface area contributed by atoms with Crippen LogP contribution in [-0.4, -0.2) is 38.0 Å². The van der Waals surface area contributed by atoms with Gasteiger partial charge in [-0.3, -0.25) is 4.79 Å². The lowest BCUT2D eigenvalue weighted by Gasteiger charge is -2.31. The largest absolute Gasteiger partial charge is 0.344 e. The Bertz CT molecular complexity index is 265.